The van der Waals surface area contributed by atoms with Crippen LogP contribution in [0.2, 0.25) is 0 Å². The van der Waals surface area contributed by atoms with Crippen LogP contribution in [0.4, 0.5) is 0 Å². The zero-order valence-electron chi connectivity index (χ0n) is 9.58. The zero-order valence-corrected chi connectivity index (χ0v) is 9.58. The van der Waals surface area contributed by atoms with Gasteiger partial charge in [-0.3, -0.25) is 0 Å². The first kappa shape index (κ1) is 10.6. The van der Waals surface area contributed by atoms with Crippen LogP contribution in [0.5, 0.6) is 0 Å². The van der Waals surface area contributed by atoms with Crippen LogP contribution in [-0.2, 0) is 12.8 Å². The lowest BCUT2D eigenvalue weighted by Crippen LogP contribution is -2.16. The van der Waals surface area contributed by atoms with Gasteiger partial charge in [-0.1, -0.05) is 6.42 Å². The number of fused-ring (bicyclic) bond motifs is 1. The molecule has 1 aromatic heterocycles. The average molecular weight is 205 g/mol. The van der Waals surface area contributed by atoms with Gasteiger partial charge in [0.2, 0.25) is 0 Å². The Labute approximate surface area is 91.3 Å². The molecule has 1 N–H and O–H groups in total. The van der Waals surface area contributed by atoms with Crippen molar-refractivity contribution < 1.29 is 0 Å². The molecule has 3 nitrogen and oxygen atoms in total. The van der Waals surface area contributed by atoms with Crippen LogP contribution < -0.4 is 5.32 Å². The second-order valence-corrected chi connectivity index (χ2v) is 4.27. The molecule has 1 heterocycles. The molecule has 0 saturated carbocycles. The Bertz CT molecular complexity index is 336. The predicted molar refractivity (Wildman–Crippen MR) is 60.8 cm³/mol. The average Bonchev–Trinajstić information content (AvgIpc) is 2.51. The van der Waals surface area contributed by atoms with Crippen LogP contribution in [0.3, 0.4) is 0 Å². The van der Waals surface area contributed by atoms with E-state index in [0.717, 1.165) is 18.7 Å². The first-order chi connectivity index (χ1) is 7.31. The van der Waals surface area contributed by atoms with Gasteiger partial charge < -0.3 is 5.32 Å². The highest BCUT2D eigenvalue weighted by molar-refractivity contribution is 5.20. The van der Waals surface area contributed by atoms with E-state index in [4.69, 9.17) is 0 Å². The minimum absolute atomic E-state index is 0.249. The third-order valence-electron chi connectivity index (χ3n) is 3.15. The number of aromatic nitrogens is 2. The Kier molecular flexibility index (Phi) is 3.31. The first-order valence-corrected chi connectivity index (χ1v) is 5.83. The Hall–Kier alpha value is -0.960. The summed E-state index contributed by atoms with van der Waals surface area (Å²) < 4.78 is 0. The Morgan fingerprint density at radius 1 is 1.27 bits per heavy atom. The largest absolute Gasteiger partial charge is 0.311 e. The normalized spacial score (nSPS) is 18.0. The molecular formula is C12H19N3. The number of aryl methyl sites for hydroxylation is 2. The molecule has 1 atom stereocenters. The lowest BCUT2D eigenvalue weighted by Gasteiger charge is -2.11. The molecule has 0 aromatic carbocycles. The maximum Gasteiger partial charge on any atom is 0.145 e. The second-order valence-electron chi connectivity index (χ2n) is 4.27. The van der Waals surface area contributed by atoms with Crippen LogP contribution in [0.25, 0.3) is 0 Å². The highest BCUT2D eigenvalue weighted by Crippen LogP contribution is 2.19. The van der Waals surface area contributed by atoms with E-state index in [0.29, 0.717) is 0 Å². The van der Waals surface area contributed by atoms with Crippen LogP contribution in [0.15, 0.2) is 6.20 Å². The van der Waals surface area contributed by atoms with Gasteiger partial charge in [0.05, 0.1) is 6.04 Å². The molecule has 1 aliphatic rings. The molecule has 15 heavy (non-hydrogen) atoms. The van der Waals surface area contributed by atoms with Crippen molar-refractivity contribution in [2.45, 2.75) is 45.1 Å². The monoisotopic (exact) mass is 205 g/mol. The number of nitrogens with one attached hydrogen (secondary N) is 1. The van der Waals surface area contributed by atoms with E-state index in [2.05, 4.69) is 22.2 Å². The van der Waals surface area contributed by atoms with Gasteiger partial charge >= 0.3 is 0 Å². The molecule has 0 spiro atoms. The summed E-state index contributed by atoms with van der Waals surface area (Å²) in [6.45, 7) is 2.10. The molecule has 0 bridgehead atoms. The number of nitrogens with zero attached hydrogens (tertiary/aromatic N) is 2. The zero-order chi connectivity index (χ0) is 10.7. The van der Waals surface area contributed by atoms with Gasteiger partial charge in [-0.15, -0.1) is 0 Å². The number of hydrogen-bond donors (Lipinski definition) is 1. The highest BCUT2D eigenvalue weighted by atomic mass is 15.0. The Morgan fingerprint density at radius 2 is 2.07 bits per heavy atom. The fraction of sp³-hybridized carbons (Fsp3) is 0.667. The summed E-state index contributed by atoms with van der Waals surface area (Å²) in [5.74, 6) is 0.929. The van der Waals surface area contributed by atoms with Crippen LogP contribution in [-0.4, -0.2) is 17.0 Å². The number of rotatable bonds is 2. The van der Waals surface area contributed by atoms with E-state index in [1.165, 1.54) is 30.5 Å². The van der Waals surface area contributed by atoms with Gasteiger partial charge in [0, 0.05) is 11.9 Å². The highest BCUT2D eigenvalue weighted by Gasteiger charge is 2.13. The van der Waals surface area contributed by atoms with Gasteiger partial charge in [-0.05, 0) is 45.2 Å². The number of hydrogen-bond acceptors (Lipinski definition) is 3. The molecule has 1 aromatic rings. The van der Waals surface area contributed by atoms with Crippen molar-refractivity contribution in [2.75, 3.05) is 7.05 Å². The van der Waals surface area contributed by atoms with Crippen LogP contribution >= 0.6 is 0 Å². The van der Waals surface area contributed by atoms with Crippen molar-refractivity contribution in [1.82, 2.24) is 15.3 Å². The molecule has 82 valence electrons. The fourth-order valence-electron chi connectivity index (χ4n) is 2.01. The van der Waals surface area contributed by atoms with Gasteiger partial charge in [0.1, 0.15) is 5.82 Å². The Balaban J connectivity index is 2.27. The van der Waals surface area contributed by atoms with Crippen molar-refractivity contribution in [3.05, 3.63) is 23.3 Å². The van der Waals surface area contributed by atoms with E-state index in [-0.39, 0.29) is 6.04 Å². The lowest BCUT2D eigenvalue weighted by molar-refractivity contribution is 0.603. The summed E-state index contributed by atoms with van der Waals surface area (Å²) >= 11 is 0. The minimum atomic E-state index is 0.249. The topological polar surface area (TPSA) is 37.8 Å². The van der Waals surface area contributed by atoms with E-state index in [1.807, 2.05) is 13.2 Å². The standard InChI is InChI=1S/C12H19N3/c1-9(13-2)12-14-8-10-6-4-3-5-7-11(10)15-12/h8-9,13H,3-7H2,1-2H3. The van der Waals surface area contributed by atoms with Crippen molar-refractivity contribution in [3.63, 3.8) is 0 Å². The maximum absolute atomic E-state index is 4.67. The van der Waals surface area contributed by atoms with Crippen molar-refractivity contribution in [2.24, 2.45) is 0 Å². The molecule has 0 fully saturated rings. The lowest BCUT2D eigenvalue weighted by atomic mass is 10.1. The fourth-order valence-corrected chi connectivity index (χ4v) is 2.01. The molecule has 2 rings (SSSR count). The summed E-state index contributed by atoms with van der Waals surface area (Å²) in [6.07, 6.45) is 8.20. The van der Waals surface area contributed by atoms with Gasteiger partial charge in [-0.25, -0.2) is 9.97 Å². The molecule has 1 aliphatic carbocycles. The molecule has 1 unspecified atom stereocenters. The van der Waals surface area contributed by atoms with Gasteiger partial charge in [-0.2, -0.15) is 0 Å². The minimum Gasteiger partial charge on any atom is -0.311 e. The molecule has 0 amide bonds. The Morgan fingerprint density at radius 3 is 2.87 bits per heavy atom. The van der Waals surface area contributed by atoms with E-state index in [1.54, 1.807) is 0 Å². The van der Waals surface area contributed by atoms with Gasteiger partial charge in [0.25, 0.3) is 0 Å². The van der Waals surface area contributed by atoms with Gasteiger partial charge in [0.15, 0.2) is 0 Å². The molecule has 0 saturated heterocycles. The van der Waals surface area contributed by atoms with Crippen LogP contribution in [0.1, 0.15) is 49.3 Å². The quantitative estimate of drug-likeness (QED) is 0.751. The second kappa shape index (κ2) is 4.71. The maximum atomic E-state index is 4.67. The van der Waals surface area contributed by atoms with Crippen LogP contribution in [0, 0.1) is 0 Å². The smallest absolute Gasteiger partial charge is 0.145 e. The summed E-state index contributed by atoms with van der Waals surface area (Å²) in [6, 6.07) is 0.249. The van der Waals surface area contributed by atoms with E-state index in [9.17, 15) is 0 Å². The predicted octanol–water partition coefficient (Wildman–Crippen LogP) is 2.03. The summed E-state index contributed by atoms with van der Waals surface area (Å²) in [5.41, 5.74) is 2.64. The SMILES string of the molecule is CNC(C)c1ncc2c(n1)CCCCC2. The van der Waals surface area contributed by atoms with E-state index < -0.39 is 0 Å². The van der Waals surface area contributed by atoms with Crippen molar-refractivity contribution in [1.29, 1.82) is 0 Å². The van der Waals surface area contributed by atoms with E-state index >= 15 is 0 Å². The molecule has 3 heteroatoms. The molecule has 0 aliphatic heterocycles. The molecule has 0 radical (unpaired) electrons. The van der Waals surface area contributed by atoms with Crippen molar-refractivity contribution >= 4 is 0 Å². The summed E-state index contributed by atoms with van der Waals surface area (Å²) in [4.78, 5) is 9.10. The summed E-state index contributed by atoms with van der Waals surface area (Å²) in [5, 5.41) is 3.18. The van der Waals surface area contributed by atoms with Crippen molar-refractivity contribution in [3.8, 4) is 0 Å². The third-order valence-corrected chi connectivity index (χ3v) is 3.15. The first-order valence-electron chi connectivity index (χ1n) is 5.83. The molecular weight excluding hydrogens is 186 g/mol. The summed E-state index contributed by atoms with van der Waals surface area (Å²) in [7, 11) is 1.94. The third kappa shape index (κ3) is 2.34.